The van der Waals surface area contributed by atoms with Gasteiger partial charge in [-0.2, -0.15) is 11.3 Å². The van der Waals surface area contributed by atoms with Gasteiger partial charge in [0.2, 0.25) is 0 Å². The number of urea groups is 1. The molecule has 0 saturated heterocycles. The van der Waals surface area contributed by atoms with Crippen LogP contribution in [-0.4, -0.2) is 24.8 Å². The summed E-state index contributed by atoms with van der Waals surface area (Å²) in [4.78, 5) is 11.8. The number of hydrogen-bond donors (Lipinski definition) is 3. The Morgan fingerprint density at radius 2 is 2.29 bits per heavy atom. The van der Waals surface area contributed by atoms with Crippen LogP contribution in [0.15, 0.2) is 35.0 Å². The largest absolute Gasteiger partial charge is 0.495 e. The zero-order valence-electron chi connectivity index (χ0n) is 11.3. The molecule has 0 aliphatic heterocycles. The van der Waals surface area contributed by atoms with Gasteiger partial charge in [0.15, 0.2) is 0 Å². The van der Waals surface area contributed by atoms with Gasteiger partial charge in [0.05, 0.1) is 18.9 Å². The maximum Gasteiger partial charge on any atom is 0.319 e. The fraction of sp³-hybridized carbons (Fsp3) is 0.214. The number of aliphatic hydroxyl groups excluding tert-OH is 1. The Morgan fingerprint density at radius 3 is 2.95 bits per heavy atom. The highest BCUT2D eigenvalue weighted by Crippen LogP contribution is 2.24. The lowest BCUT2D eigenvalue weighted by molar-refractivity contribution is 0.175. The van der Waals surface area contributed by atoms with Crippen LogP contribution in [0.1, 0.15) is 11.7 Å². The summed E-state index contributed by atoms with van der Waals surface area (Å²) in [5, 5.41) is 18.5. The number of methoxy groups -OCH3 is 1. The fourth-order valence-corrected chi connectivity index (χ4v) is 2.42. The van der Waals surface area contributed by atoms with E-state index in [0.29, 0.717) is 5.75 Å². The van der Waals surface area contributed by atoms with E-state index in [4.69, 9.17) is 4.74 Å². The van der Waals surface area contributed by atoms with Gasteiger partial charge in [0.1, 0.15) is 11.6 Å². The van der Waals surface area contributed by atoms with Gasteiger partial charge in [-0.05, 0) is 34.5 Å². The van der Waals surface area contributed by atoms with Crippen molar-refractivity contribution in [2.45, 2.75) is 6.10 Å². The predicted molar refractivity (Wildman–Crippen MR) is 79.3 cm³/mol. The number of carbonyl (C=O) groups is 1. The van der Waals surface area contributed by atoms with Crippen LogP contribution in [0, 0.1) is 5.82 Å². The van der Waals surface area contributed by atoms with Gasteiger partial charge in [-0.3, -0.25) is 0 Å². The summed E-state index contributed by atoms with van der Waals surface area (Å²) in [7, 11) is 1.43. The first kappa shape index (κ1) is 15.3. The zero-order valence-corrected chi connectivity index (χ0v) is 12.1. The van der Waals surface area contributed by atoms with E-state index in [-0.39, 0.29) is 12.2 Å². The summed E-state index contributed by atoms with van der Waals surface area (Å²) < 4.78 is 18.2. The highest BCUT2D eigenvalue weighted by Gasteiger charge is 2.12. The maximum atomic E-state index is 13.2. The molecule has 0 fully saturated rings. The van der Waals surface area contributed by atoms with Crippen molar-refractivity contribution in [3.8, 4) is 5.75 Å². The minimum absolute atomic E-state index is 0.0558. The SMILES string of the molecule is COc1ccc(F)cc1NC(=O)NCC(O)c1ccsc1. The quantitative estimate of drug-likeness (QED) is 0.795. The summed E-state index contributed by atoms with van der Waals surface area (Å²) in [6, 6.07) is 5.05. The Bertz CT molecular complexity index is 604. The number of ether oxygens (including phenoxy) is 1. The van der Waals surface area contributed by atoms with Crippen LogP contribution in [0.25, 0.3) is 0 Å². The van der Waals surface area contributed by atoms with Gasteiger partial charge < -0.3 is 20.5 Å². The molecule has 0 spiro atoms. The molecule has 2 rings (SSSR count). The normalized spacial score (nSPS) is 11.8. The molecule has 3 N–H and O–H groups in total. The zero-order chi connectivity index (χ0) is 15.2. The Morgan fingerprint density at radius 1 is 1.48 bits per heavy atom. The molecule has 1 heterocycles. The van der Waals surface area contributed by atoms with Crippen molar-refractivity contribution >= 4 is 23.1 Å². The van der Waals surface area contributed by atoms with E-state index in [1.807, 2.05) is 5.38 Å². The number of benzene rings is 1. The second-order valence-corrected chi connectivity index (χ2v) is 5.03. The number of aliphatic hydroxyl groups is 1. The lowest BCUT2D eigenvalue weighted by atomic mass is 10.2. The van der Waals surface area contributed by atoms with Gasteiger partial charge in [-0.25, -0.2) is 9.18 Å². The van der Waals surface area contributed by atoms with E-state index in [2.05, 4.69) is 10.6 Å². The average molecular weight is 310 g/mol. The summed E-state index contributed by atoms with van der Waals surface area (Å²) in [5.74, 6) is -0.130. The van der Waals surface area contributed by atoms with Crippen LogP contribution >= 0.6 is 11.3 Å². The van der Waals surface area contributed by atoms with Crippen molar-refractivity contribution < 1.29 is 19.0 Å². The molecule has 0 aliphatic rings. The van der Waals surface area contributed by atoms with E-state index in [0.717, 1.165) is 11.6 Å². The van der Waals surface area contributed by atoms with Crippen molar-refractivity contribution in [1.82, 2.24) is 5.32 Å². The van der Waals surface area contributed by atoms with E-state index in [9.17, 15) is 14.3 Å². The van der Waals surface area contributed by atoms with Crippen LogP contribution in [0.2, 0.25) is 0 Å². The van der Waals surface area contributed by atoms with Crippen molar-refractivity contribution in [3.05, 3.63) is 46.4 Å². The fourth-order valence-electron chi connectivity index (χ4n) is 1.72. The van der Waals surface area contributed by atoms with Crippen LogP contribution in [0.3, 0.4) is 0 Å². The highest BCUT2D eigenvalue weighted by atomic mass is 32.1. The molecule has 2 aromatic rings. The number of thiophene rings is 1. The van der Waals surface area contributed by atoms with Crippen molar-refractivity contribution in [1.29, 1.82) is 0 Å². The number of halogens is 1. The van der Waals surface area contributed by atoms with E-state index in [1.54, 1.807) is 11.4 Å². The minimum atomic E-state index is -0.781. The molecule has 1 aromatic carbocycles. The number of hydrogen-bond acceptors (Lipinski definition) is 4. The second-order valence-electron chi connectivity index (χ2n) is 4.25. The molecule has 1 unspecified atom stereocenters. The average Bonchev–Trinajstić information content (AvgIpc) is 2.99. The van der Waals surface area contributed by atoms with Gasteiger partial charge in [0, 0.05) is 12.6 Å². The minimum Gasteiger partial charge on any atom is -0.495 e. The van der Waals surface area contributed by atoms with E-state index >= 15 is 0 Å². The van der Waals surface area contributed by atoms with Crippen molar-refractivity contribution in [2.24, 2.45) is 0 Å². The third-order valence-corrected chi connectivity index (χ3v) is 3.50. The van der Waals surface area contributed by atoms with E-state index in [1.165, 1.54) is 30.6 Å². The number of anilines is 1. The Labute approximate surface area is 125 Å². The summed E-state index contributed by atoms with van der Waals surface area (Å²) >= 11 is 1.46. The molecule has 112 valence electrons. The third kappa shape index (κ3) is 4.17. The molecule has 5 nitrogen and oxygen atoms in total. The predicted octanol–water partition coefficient (Wildman–Crippen LogP) is 2.75. The Kier molecular flexibility index (Phi) is 5.13. The van der Waals surface area contributed by atoms with Gasteiger partial charge >= 0.3 is 6.03 Å². The van der Waals surface area contributed by atoms with Crippen LogP contribution in [0.4, 0.5) is 14.9 Å². The Balaban J connectivity index is 1.91. The number of carbonyl (C=O) groups excluding carboxylic acids is 1. The van der Waals surface area contributed by atoms with Crippen LogP contribution in [-0.2, 0) is 0 Å². The van der Waals surface area contributed by atoms with Crippen molar-refractivity contribution in [2.75, 3.05) is 19.0 Å². The Hall–Kier alpha value is -2.12. The number of amides is 2. The molecule has 0 radical (unpaired) electrons. The smallest absolute Gasteiger partial charge is 0.319 e. The number of nitrogens with one attached hydrogen (secondary N) is 2. The van der Waals surface area contributed by atoms with Crippen molar-refractivity contribution in [3.63, 3.8) is 0 Å². The van der Waals surface area contributed by atoms with Crippen LogP contribution in [0.5, 0.6) is 5.75 Å². The molecule has 7 heteroatoms. The molecule has 1 aromatic heterocycles. The maximum absolute atomic E-state index is 13.2. The highest BCUT2D eigenvalue weighted by molar-refractivity contribution is 7.07. The van der Waals surface area contributed by atoms with Gasteiger partial charge in [-0.15, -0.1) is 0 Å². The topological polar surface area (TPSA) is 70.6 Å². The van der Waals surface area contributed by atoms with Crippen LogP contribution < -0.4 is 15.4 Å². The molecule has 21 heavy (non-hydrogen) atoms. The third-order valence-electron chi connectivity index (χ3n) is 2.79. The molecule has 0 bridgehead atoms. The van der Waals surface area contributed by atoms with Gasteiger partial charge in [-0.1, -0.05) is 0 Å². The second kappa shape index (κ2) is 7.05. The summed E-state index contributed by atoms with van der Waals surface area (Å²) in [6.45, 7) is 0.0558. The first-order valence-electron chi connectivity index (χ1n) is 6.18. The molecule has 1 atom stereocenters. The summed E-state index contributed by atoms with van der Waals surface area (Å²) in [6.07, 6.45) is -0.781. The molecular formula is C14H15FN2O3S. The summed E-state index contributed by atoms with van der Waals surface area (Å²) in [5.41, 5.74) is 0.962. The molecular weight excluding hydrogens is 295 g/mol. The first-order valence-corrected chi connectivity index (χ1v) is 7.13. The standard InChI is InChI=1S/C14H15FN2O3S/c1-20-13-3-2-10(15)6-11(13)17-14(19)16-7-12(18)9-4-5-21-8-9/h2-6,8,12,18H,7H2,1H3,(H2,16,17,19). The monoisotopic (exact) mass is 310 g/mol. The molecule has 0 saturated carbocycles. The lowest BCUT2D eigenvalue weighted by Gasteiger charge is -2.13. The number of rotatable bonds is 5. The molecule has 2 amide bonds. The lowest BCUT2D eigenvalue weighted by Crippen LogP contribution is -2.32. The molecule has 0 aliphatic carbocycles. The van der Waals surface area contributed by atoms with Gasteiger partial charge in [0.25, 0.3) is 0 Å². The first-order chi connectivity index (χ1) is 10.1. The van der Waals surface area contributed by atoms with E-state index < -0.39 is 18.0 Å².